The van der Waals surface area contributed by atoms with E-state index in [1.165, 1.54) is 5.56 Å². The summed E-state index contributed by atoms with van der Waals surface area (Å²) in [6.07, 6.45) is 0. The van der Waals surface area contributed by atoms with Gasteiger partial charge in [0, 0.05) is 5.56 Å². The Balaban J connectivity index is 2.37. The molecule has 5 heteroatoms. The van der Waals surface area contributed by atoms with Crippen molar-refractivity contribution in [1.82, 2.24) is 4.98 Å². The predicted molar refractivity (Wildman–Crippen MR) is 68.2 cm³/mol. The van der Waals surface area contributed by atoms with Crippen molar-refractivity contribution < 1.29 is 0 Å². The van der Waals surface area contributed by atoms with E-state index in [2.05, 4.69) is 15.7 Å². The Morgan fingerprint density at radius 1 is 1.18 bits per heavy atom. The number of rotatable bonds is 3. The average molecular weight is 228 g/mol. The lowest BCUT2D eigenvalue weighted by Gasteiger charge is -2.05. The summed E-state index contributed by atoms with van der Waals surface area (Å²) in [6.45, 7) is 2.02. The van der Waals surface area contributed by atoms with Gasteiger partial charge in [-0.05, 0) is 19.1 Å². The van der Waals surface area contributed by atoms with Gasteiger partial charge in [0.05, 0.1) is 11.0 Å². The molecule has 17 heavy (non-hydrogen) atoms. The molecule has 2 rings (SSSR count). The second-order valence-corrected chi connectivity index (χ2v) is 3.70. The third-order valence-corrected chi connectivity index (χ3v) is 2.44. The molecule has 1 aromatic carbocycles. The SMILES string of the molecule is Cc1ccc(-c2ccc(NN=O)c(N)n2)cc1. The highest BCUT2D eigenvalue weighted by Gasteiger charge is 2.04. The van der Waals surface area contributed by atoms with Crippen LogP contribution in [-0.4, -0.2) is 4.98 Å². The fourth-order valence-electron chi connectivity index (χ4n) is 1.50. The largest absolute Gasteiger partial charge is 0.382 e. The zero-order valence-electron chi connectivity index (χ0n) is 9.34. The fourth-order valence-corrected chi connectivity index (χ4v) is 1.50. The number of hydrogen-bond donors (Lipinski definition) is 2. The molecular formula is C12H12N4O. The Hall–Kier alpha value is -2.43. The molecule has 0 atom stereocenters. The van der Waals surface area contributed by atoms with Crippen LogP contribution >= 0.6 is 0 Å². The standard InChI is InChI=1S/C12H12N4O/c1-8-2-4-9(5-3-8)10-6-7-11(15-16-17)12(13)14-10/h2-7H,1H3,(H2,13,14)(H,15,17). The summed E-state index contributed by atoms with van der Waals surface area (Å²) in [4.78, 5) is 14.3. The molecule has 86 valence electrons. The van der Waals surface area contributed by atoms with Gasteiger partial charge in [-0.25, -0.2) is 10.4 Å². The van der Waals surface area contributed by atoms with E-state index in [-0.39, 0.29) is 5.82 Å². The van der Waals surface area contributed by atoms with Crippen LogP contribution in [0, 0.1) is 11.8 Å². The minimum atomic E-state index is 0.252. The van der Waals surface area contributed by atoms with Gasteiger partial charge in [-0.3, -0.25) is 0 Å². The van der Waals surface area contributed by atoms with Gasteiger partial charge in [0.25, 0.3) is 0 Å². The summed E-state index contributed by atoms with van der Waals surface area (Å²) in [5.41, 5.74) is 11.3. The summed E-state index contributed by atoms with van der Waals surface area (Å²) in [7, 11) is 0. The van der Waals surface area contributed by atoms with E-state index in [9.17, 15) is 4.91 Å². The van der Waals surface area contributed by atoms with Gasteiger partial charge in [0.15, 0.2) is 0 Å². The lowest BCUT2D eigenvalue weighted by molar-refractivity contribution is 1.26. The van der Waals surface area contributed by atoms with Crippen LogP contribution in [0.1, 0.15) is 5.56 Å². The van der Waals surface area contributed by atoms with Crippen LogP contribution in [0.4, 0.5) is 11.5 Å². The fraction of sp³-hybridized carbons (Fsp3) is 0.0833. The molecule has 0 amide bonds. The Morgan fingerprint density at radius 3 is 2.47 bits per heavy atom. The molecule has 3 N–H and O–H groups in total. The summed E-state index contributed by atoms with van der Waals surface area (Å²) in [5, 5.41) is 2.56. The molecule has 0 aliphatic rings. The molecule has 0 unspecified atom stereocenters. The van der Waals surface area contributed by atoms with Gasteiger partial charge in [-0.1, -0.05) is 29.8 Å². The summed E-state index contributed by atoms with van der Waals surface area (Å²) >= 11 is 0. The number of nitrogens with one attached hydrogen (secondary N) is 1. The Morgan fingerprint density at radius 2 is 1.88 bits per heavy atom. The van der Waals surface area contributed by atoms with E-state index in [0.29, 0.717) is 5.69 Å². The third-order valence-electron chi connectivity index (χ3n) is 2.44. The summed E-state index contributed by atoms with van der Waals surface area (Å²) in [5.74, 6) is 0.252. The first-order chi connectivity index (χ1) is 8.20. The van der Waals surface area contributed by atoms with Crippen LogP contribution in [0.15, 0.2) is 41.7 Å². The topological polar surface area (TPSA) is 80.4 Å². The average Bonchev–Trinajstić information content (AvgIpc) is 2.33. The van der Waals surface area contributed by atoms with Crippen LogP contribution in [0.2, 0.25) is 0 Å². The summed E-state index contributed by atoms with van der Waals surface area (Å²) in [6, 6.07) is 11.4. The lowest BCUT2D eigenvalue weighted by Crippen LogP contribution is -1.98. The molecule has 1 aromatic heterocycles. The smallest absolute Gasteiger partial charge is 0.149 e. The number of nitroso groups, excluding NO2 is 1. The van der Waals surface area contributed by atoms with E-state index in [1.807, 2.05) is 31.2 Å². The van der Waals surface area contributed by atoms with E-state index < -0.39 is 0 Å². The maximum Gasteiger partial charge on any atom is 0.149 e. The van der Waals surface area contributed by atoms with E-state index in [0.717, 1.165) is 11.3 Å². The van der Waals surface area contributed by atoms with Gasteiger partial charge in [-0.2, -0.15) is 0 Å². The molecule has 0 bridgehead atoms. The van der Waals surface area contributed by atoms with Crippen molar-refractivity contribution >= 4 is 11.5 Å². The number of pyridine rings is 1. The van der Waals surface area contributed by atoms with Crippen molar-refractivity contribution in [3.05, 3.63) is 46.9 Å². The first-order valence-corrected chi connectivity index (χ1v) is 5.12. The van der Waals surface area contributed by atoms with Gasteiger partial charge in [0.2, 0.25) is 0 Å². The number of benzene rings is 1. The van der Waals surface area contributed by atoms with E-state index in [1.54, 1.807) is 12.1 Å². The maximum absolute atomic E-state index is 10.1. The monoisotopic (exact) mass is 228 g/mol. The van der Waals surface area contributed by atoms with E-state index >= 15 is 0 Å². The molecule has 0 aliphatic heterocycles. The van der Waals surface area contributed by atoms with Crippen LogP contribution < -0.4 is 11.2 Å². The highest BCUT2D eigenvalue weighted by Crippen LogP contribution is 2.23. The van der Waals surface area contributed by atoms with Crippen LogP contribution in [-0.2, 0) is 0 Å². The third kappa shape index (κ3) is 2.39. The Bertz CT molecular complexity index is 537. The van der Waals surface area contributed by atoms with Crippen LogP contribution in [0.25, 0.3) is 11.3 Å². The van der Waals surface area contributed by atoms with Crippen molar-refractivity contribution in [2.45, 2.75) is 6.92 Å². The Kier molecular flexibility index (Phi) is 3.00. The van der Waals surface area contributed by atoms with Crippen molar-refractivity contribution in [3.63, 3.8) is 0 Å². The first kappa shape index (κ1) is 11.1. The lowest BCUT2D eigenvalue weighted by atomic mass is 10.1. The number of aromatic nitrogens is 1. The molecule has 0 fully saturated rings. The minimum absolute atomic E-state index is 0.252. The van der Waals surface area contributed by atoms with Crippen molar-refractivity contribution in [2.75, 3.05) is 11.2 Å². The van der Waals surface area contributed by atoms with Crippen molar-refractivity contribution in [3.8, 4) is 11.3 Å². The van der Waals surface area contributed by atoms with Crippen molar-refractivity contribution in [1.29, 1.82) is 0 Å². The predicted octanol–water partition coefficient (Wildman–Crippen LogP) is 2.73. The molecule has 0 aliphatic carbocycles. The zero-order chi connectivity index (χ0) is 12.3. The molecule has 5 nitrogen and oxygen atoms in total. The summed E-state index contributed by atoms with van der Waals surface area (Å²) < 4.78 is 0. The molecule has 0 spiro atoms. The second kappa shape index (κ2) is 4.61. The molecule has 0 radical (unpaired) electrons. The number of aryl methyl sites for hydroxylation is 1. The Labute approximate surface area is 98.6 Å². The number of nitrogen functional groups attached to an aromatic ring is 1. The molecule has 0 saturated heterocycles. The van der Waals surface area contributed by atoms with Crippen LogP contribution in [0.3, 0.4) is 0 Å². The normalized spacial score (nSPS) is 9.94. The van der Waals surface area contributed by atoms with Gasteiger partial charge in [-0.15, -0.1) is 4.91 Å². The highest BCUT2D eigenvalue weighted by atomic mass is 16.3. The number of hydrogen-bond acceptors (Lipinski definition) is 4. The molecular weight excluding hydrogens is 216 g/mol. The quantitative estimate of drug-likeness (QED) is 0.625. The van der Waals surface area contributed by atoms with Gasteiger partial charge in [0.1, 0.15) is 11.5 Å². The maximum atomic E-state index is 10.1. The molecule has 0 saturated carbocycles. The number of nitrogens with two attached hydrogens (primary N) is 1. The number of nitrogens with zero attached hydrogens (tertiary/aromatic N) is 2. The first-order valence-electron chi connectivity index (χ1n) is 5.12. The second-order valence-electron chi connectivity index (χ2n) is 3.70. The number of anilines is 2. The molecule has 2 aromatic rings. The zero-order valence-corrected chi connectivity index (χ0v) is 9.34. The van der Waals surface area contributed by atoms with Gasteiger partial charge < -0.3 is 5.73 Å². The molecule has 1 heterocycles. The van der Waals surface area contributed by atoms with E-state index in [4.69, 9.17) is 5.73 Å². The van der Waals surface area contributed by atoms with Gasteiger partial charge >= 0.3 is 0 Å². The van der Waals surface area contributed by atoms with Crippen LogP contribution in [0.5, 0.6) is 0 Å². The highest BCUT2D eigenvalue weighted by molar-refractivity contribution is 5.69. The minimum Gasteiger partial charge on any atom is -0.382 e. The van der Waals surface area contributed by atoms with Crippen molar-refractivity contribution in [2.24, 2.45) is 5.29 Å².